The van der Waals surface area contributed by atoms with Gasteiger partial charge >= 0.3 is 0 Å². The minimum absolute atomic E-state index is 0.0616. The minimum Gasteiger partial charge on any atom is -0.496 e. The summed E-state index contributed by atoms with van der Waals surface area (Å²) < 4.78 is 5.23. The molecule has 0 fully saturated rings. The third-order valence-electron chi connectivity index (χ3n) is 2.41. The highest BCUT2D eigenvalue weighted by molar-refractivity contribution is 5.79. The molecule has 0 spiro atoms. The Labute approximate surface area is 96.2 Å². The zero-order valence-corrected chi connectivity index (χ0v) is 10.2. The van der Waals surface area contributed by atoms with Gasteiger partial charge in [-0.1, -0.05) is 0 Å². The molecule has 88 valence electrons. The van der Waals surface area contributed by atoms with Gasteiger partial charge in [0.2, 0.25) is 5.91 Å². The molecular formula is C12H18N2O2. The van der Waals surface area contributed by atoms with Crippen LogP contribution in [0.15, 0.2) is 18.2 Å². The Bertz CT molecular complexity index is 375. The van der Waals surface area contributed by atoms with Crippen molar-refractivity contribution >= 4 is 11.6 Å². The standard InChI is InChI=1S/C12H18N2O2/c1-13-10-5-6-11(16-4)9(7-10)8-12(15)14(2)3/h5-7,13H,8H2,1-4H3. The van der Waals surface area contributed by atoms with Gasteiger partial charge in [0.15, 0.2) is 0 Å². The van der Waals surface area contributed by atoms with Gasteiger partial charge in [-0.15, -0.1) is 0 Å². The van der Waals surface area contributed by atoms with Gasteiger partial charge < -0.3 is 15.0 Å². The number of amides is 1. The third kappa shape index (κ3) is 2.89. The summed E-state index contributed by atoms with van der Waals surface area (Å²) in [5.74, 6) is 0.806. The van der Waals surface area contributed by atoms with Crippen molar-refractivity contribution in [3.05, 3.63) is 23.8 Å². The largest absolute Gasteiger partial charge is 0.496 e. The molecule has 0 atom stereocenters. The molecule has 0 saturated carbocycles. The second kappa shape index (κ2) is 5.39. The predicted molar refractivity (Wildman–Crippen MR) is 64.9 cm³/mol. The van der Waals surface area contributed by atoms with Crippen molar-refractivity contribution in [3.63, 3.8) is 0 Å². The number of methoxy groups -OCH3 is 1. The maximum absolute atomic E-state index is 11.6. The summed E-state index contributed by atoms with van der Waals surface area (Å²) in [6, 6.07) is 5.72. The molecule has 0 aliphatic heterocycles. The quantitative estimate of drug-likeness (QED) is 0.836. The van der Waals surface area contributed by atoms with Crippen LogP contribution in [0, 0.1) is 0 Å². The van der Waals surface area contributed by atoms with Gasteiger partial charge in [0.05, 0.1) is 13.5 Å². The van der Waals surface area contributed by atoms with Crippen molar-refractivity contribution < 1.29 is 9.53 Å². The van der Waals surface area contributed by atoms with Crippen molar-refractivity contribution in [2.45, 2.75) is 6.42 Å². The van der Waals surface area contributed by atoms with E-state index in [-0.39, 0.29) is 5.91 Å². The van der Waals surface area contributed by atoms with Gasteiger partial charge in [0.25, 0.3) is 0 Å². The Kier molecular flexibility index (Phi) is 4.17. The topological polar surface area (TPSA) is 41.6 Å². The van der Waals surface area contributed by atoms with Crippen LogP contribution in [-0.2, 0) is 11.2 Å². The SMILES string of the molecule is CNc1ccc(OC)c(CC(=O)N(C)C)c1. The average Bonchev–Trinajstić information content (AvgIpc) is 2.28. The minimum atomic E-state index is 0.0616. The Balaban J connectivity index is 2.95. The maximum Gasteiger partial charge on any atom is 0.226 e. The molecule has 4 heteroatoms. The van der Waals surface area contributed by atoms with Crippen molar-refractivity contribution in [1.82, 2.24) is 4.90 Å². The van der Waals surface area contributed by atoms with Crippen LogP contribution in [0.3, 0.4) is 0 Å². The Morgan fingerprint density at radius 2 is 2.12 bits per heavy atom. The molecule has 16 heavy (non-hydrogen) atoms. The van der Waals surface area contributed by atoms with E-state index in [0.717, 1.165) is 17.0 Å². The molecule has 1 aromatic carbocycles. The molecule has 1 N–H and O–H groups in total. The predicted octanol–water partition coefficient (Wildman–Crippen LogP) is 1.37. The van der Waals surface area contributed by atoms with Gasteiger partial charge in [-0.05, 0) is 18.2 Å². The third-order valence-corrected chi connectivity index (χ3v) is 2.41. The number of ether oxygens (including phenoxy) is 1. The molecule has 0 radical (unpaired) electrons. The number of hydrogen-bond donors (Lipinski definition) is 1. The molecule has 0 aliphatic rings. The van der Waals surface area contributed by atoms with E-state index in [1.165, 1.54) is 0 Å². The van der Waals surface area contributed by atoms with E-state index < -0.39 is 0 Å². The smallest absolute Gasteiger partial charge is 0.226 e. The van der Waals surface area contributed by atoms with Crippen LogP contribution < -0.4 is 10.1 Å². The first kappa shape index (κ1) is 12.4. The van der Waals surface area contributed by atoms with Crippen LogP contribution >= 0.6 is 0 Å². The summed E-state index contributed by atoms with van der Waals surface area (Å²) in [4.78, 5) is 13.2. The van der Waals surface area contributed by atoms with E-state index in [1.807, 2.05) is 25.2 Å². The highest BCUT2D eigenvalue weighted by Crippen LogP contribution is 2.23. The van der Waals surface area contributed by atoms with Gasteiger partial charge in [0.1, 0.15) is 5.75 Å². The summed E-state index contributed by atoms with van der Waals surface area (Å²) in [6.45, 7) is 0. The van der Waals surface area contributed by atoms with Gasteiger partial charge in [-0.2, -0.15) is 0 Å². The fourth-order valence-corrected chi connectivity index (χ4v) is 1.39. The van der Waals surface area contributed by atoms with E-state index in [1.54, 1.807) is 26.1 Å². The van der Waals surface area contributed by atoms with Gasteiger partial charge in [-0.25, -0.2) is 0 Å². The highest BCUT2D eigenvalue weighted by atomic mass is 16.5. The Hall–Kier alpha value is -1.71. The Morgan fingerprint density at radius 1 is 1.44 bits per heavy atom. The van der Waals surface area contributed by atoms with Crippen LogP contribution in [0.4, 0.5) is 5.69 Å². The summed E-state index contributed by atoms with van der Waals surface area (Å²) >= 11 is 0. The molecule has 1 amide bonds. The second-order valence-corrected chi connectivity index (χ2v) is 3.74. The molecule has 0 aromatic heterocycles. The number of rotatable bonds is 4. The molecule has 1 aromatic rings. The van der Waals surface area contributed by atoms with Crippen molar-refractivity contribution in [2.24, 2.45) is 0 Å². The number of nitrogens with zero attached hydrogens (tertiary/aromatic N) is 1. The van der Waals surface area contributed by atoms with E-state index in [9.17, 15) is 4.79 Å². The number of likely N-dealkylation sites (N-methyl/N-ethyl adjacent to an activating group) is 1. The van der Waals surface area contributed by atoms with Gasteiger partial charge in [0, 0.05) is 32.4 Å². The zero-order valence-electron chi connectivity index (χ0n) is 10.2. The van der Waals surface area contributed by atoms with Crippen LogP contribution in [0.2, 0.25) is 0 Å². The second-order valence-electron chi connectivity index (χ2n) is 3.74. The lowest BCUT2D eigenvalue weighted by Gasteiger charge is -2.13. The van der Waals surface area contributed by atoms with Crippen LogP contribution in [0.5, 0.6) is 5.75 Å². The van der Waals surface area contributed by atoms with Crippen molar-refractivity contribution in [3.8, 4) is 5.75 Å². The summed E-state index contributed by atoms with van der Waals surface area (Å²) in [5, 5.41) is 3.04. The summed E-state index contributed by atoms with van der Waals surface area (Å²) in [5.41, 5.74) is 1.87. The highest BCUT2D eigenvalue weighted by Gasteiger charge is 2.10. The fourth-order valence-electron chi connectivity index (χ4n) is 1.39. The average molecular weight is 222 g/mol. The summed E-state index contributed by atoms with van der Waals surface area (Å²) in [6.07, 6.45) is 0.353. The molecule has 0 heterocycles. The van der Waals surface area contributed by atoms with Crippen molar-refractivity contribution in [1.29, 1.82) is 0 Å². The molecule has 0 aliphatic carbocycles. The summed E-state index contributed by atoms with van der Waals surface area (Å²) in [7, 11) is 6.95. The molecule has 0 saturated heterocycles. The molecule has 4 nitrogen and oxygen atoms in total. The van der Waals surface area contributed by atoms with Crippen LogP contribution in [-0.4, -0.2) is 39.1 Å². The van der Waals surface area contributed by atoms with Crippen molar-refractivity contribution in [2.75, 3.05) is 33.6 Å². The molecule has 0 unspecified atom stereocenters. The van der Waals surface area contributed by atoms with E-state index in [0.29, 0.717) is 6.42 Å². The lowest BCUT2D eigenvalue weighted by molar-refractivity contribution is -0.127. The molecule has 1 rings (SSSR count). The molecular weight excluding hydrogens is 204 g/mol. The van der Waals surface area contributed by atoms with Gasteiger partial charge in [-0.3, -0.25) is 4.79 Å². The van der Waals surface area contributed by atoms with E-state index >= 15 is 0 Å². The normalized spacial score (nSPS) is 9.75. The number of benzene rings is 1. The number of hydrogen-bond acceptors (Lipinski definition) is 3. The first-order chi connectivity index (χ1) is 7.58. The van der Waals surface area contributed by atoms with E-state index in [2.05, 4.69) is 5.32 Å². The lowest BCUT2D eigenvalue weighted by atomic mass is 10.1. The molecule has 0 bridgehead atoms. The Morgan fingerprint density at radius 3 is 2.62 bits per heavy atom. The van der Waals surface area contributed by atoms with E-state index in [4.69, 9.17) is 4.74 Å². The first-order valence-corrected chi connectivity index (χ1v) is 5.13. The van der Waals surface area contributed by atoms with Crippen LogP contribution in [0.25, 0.3) is 0 Å². The fraction of sp³-hybridized carbons (Fsp3) is 0.417. The number of anilines is 1. The number of nitrogens with one attached hydrogen (secondary N) is 1. The lowest BCUT2D eigenvalue weighted by Crippen LogP contribution is -2.23. The van der Waals surface area contributed by atoms with Crippen LogP contribution in [0.1, 0.15) is 5.56 Å². The monoisotopic (exact) mass is 222 g/mol. The first-order valence-electron chi connectivity index (χ1n) is 5.13. The zero-order chi connectivity index (χ0) is 12.1. The number of carbonyl (C=O) groups excluding carboxylic acids is 1. The maximum atomic E-state index is 11.6. The number of carbonyl (C=O) groups is 1.